The van der Waals surface area contributed by atoms with Gasteiger partial charge < -0.3 is 9.47 Å². The predicted octanol–water partition coefficient (Wildman–Crippen LogP) is 5.57. The van der Waals surface area contributed by atoms with Crippen molar-refractivity contribution in [3.63, 3.8) is 0 Å². The predicted molar refractivity (Wildman–Crippen MR) is 120 cm³/mol. The van der Waals surface area contributed by atoms with E-state index in [0.29, 0.717) is 18.1 Å². The Morgan fingerprint density at radius 1 is 1.18 bits per heavy atom. The van der Waals surface area contributed by atoms with Crippen LogP contribution in [0.3, 0.4) is 0 Å². The lowest BCUT2D eigenvalue weighted by molar-refractivity contribution is -0.123. The first-order chi connectivity index (χ1) is 13.3. The van der Waals surface area contributed by atoms with Gasteiger partial charge >= 0.3 is 0 Å². The summed E-state index contributed by atoms with van der Waals surface area (Å²) >= 11 is 6.96. The van der Waals surface area contributed by atoms with E-state index in [1.54, 1.807) is 6.21 Å². The van der Waals surface area contributed by atoms with E-state index in [1.807, 2.05) is 44.2 Å². The maximum Gasteiger partial charge on any atom is 0.277 e. The minimum absolute atomic E-state index is 0.116. The average molecular weight is 512 g/mol. The van der Waals surface area contributed by atoms with Crippen LogP contribution in [0.2, 0.25) is 0 Å². The van der Waals surface area contributed by atoms with Crippen LogP contribution in [-0.4, -0.2) is 25.3 Å². The Bertz CT molecular complexity index is 867. The Labute approximate surface area is 182 Å². The molecule has 7 heteroatoms. The molecule has 0 saturated heterocycles. The normalized spacial score (nSPS) is 11.1. The van der Waals surface area contributed by atoms with Crippen molar-refractivity contribution in [2.24, 2.45) is 5.10 Å². The summed E-state index contributed by atoms with van der Waals surface area (Å²) in [5, 5.41) is 4.01. The quantitative estimate of drug-likeness (QED) is 0.372. The second-order valence-electron chi connectivity index (χ2n) is 6.49. The van der Waals surface area contributed by atoms with Crippen LogP contribution in [0.5, 0.6) is 11.5 Å². The summed E-state index contributed by atoms with van der Waals surface area (Å²) in [5.41, 5.74) is 5.35. The number of hydrazone groups is 1. The van der Waals surface area contributed by atoms with E-state index < -0.39 is 0 Å². The van der Waals surface area contributed by atoms with Gasteiger partial charge in [-0.15, -0.1) is 0 Å². The van der Waals surface area contributed by atoms with E-state index in [0.717, 1.165) is 25.6 Å². The van der Waals surface area contributed by atoms with Crippen molar-refractivity contribution >= 4 is 44.0 Å². The molecule has 0 unspecified atom stereocenters. The van der Waals surface area contributed by atoms with Gasteiger partial charge in [0.15, 0.2) is 6.61 Å². The first kappa shape index (κ1) is 22.4. The number of nitrogens with one attached hydrogen (secondary N) is 1. The number of nitrogens with zero attached hydrogens (tertiary/aromatic N) is 1. The highest BCUT2D eigenvalue weighted by molar-refractivity contribution is 9.10. The Morgan fingerprint density at radius 2 is 1.93 bits per heavy atom. The number of amides is 1. The van der Waals surface area contributed by atoms with Gasteiger partial charge in [-0.3, -0.25) is 4.79 Å². The molecule has 2 aromatic rings. The number of rotatable bonds is 8. The fourth-order valence-corrected chi connectivity index (χ4v) is 3.24. The van der Waals surface area contributed by atoms with Crippen LogP contribution >= 0.6 is 31.9 Å². The molecule has 5 nitrogen and oxygen atoms in total. The van der Waals surface area contributed by atoms with Crippen LogP contribution < -0.4 is 14.9 Å². The third-order valence-corrected chi connectivity index (χ3v) is 5.28. The summed E-state index contributed by atoms with van der Waals surface area (Å²) in [6.07, 6.45) is 1.55. The molecule has 1 amide bonds. The summed E-state index contributed by atoms with van der Waals surface area (Å²) < 4.78 is 13.2. The Morgan fingerprint density at radius 3 is 2.61 bits per heavy atom. The molecule has 0 aliphatic rings. The van der Waals surface area contributed by atoms with Gasteiger partial charge in [-0.05, 0) is 61.2 Å². The molecule has 2 rings (SSSR count). The van der Waals surface area contributed by atoms with Crippen molar-refractivity contribution in [1.82, 2.24) is 5.43 Å². The van der Waals surface area contributed by atoms with Gasteiger partial charge in [-0.2, -0.15) is 5.10 Å². The number of halogens is 2. The number of ether oxygens (including phenoxy) is 2. The van der Waals surface area contributed by atoms with Crippen molar-refractivity contribution in [1.29, 1.82) is 0 Å². The summed E-state index contributed by atoms with van der Waals surface area (Å²) in [6.45, 7) is 8.50. The third kappa shape index (κ3) is 6.34. The Hall–Kier alpha value is -1.86. The lowest BCUT2D eigenvalue weighted by Gasteiger charge is -2.15. The van der Waals surface area contributed by atoms with Crippen molar-refractivity contribution in [2.75, 3.05) is 13.2 Å². The van der Waals surface area contributed by atoms with E-state index in [9.17, 15) is 4.79 Å². The smallest absolute Gasteiger partial charge is 0.277 e. The van der Waals surface area contributed by atoms with Crippen LogP contribution in [0.15, 0.2) is 44.4 Å². The van der Waals surface area contributed by atoms with Crippen LogP contribution in [0.4, 0.5) is 0 Å². The first-order valence-corrected chi connectivity index (χ1v) is 10.6. The molecule has 0 aromatic heterocycles. The molecular formula is C21H24Br2N2O3. The maximum atomic E-state index is 12.1. The summed E-state index contributed by atoms with van der Waals surface area (Å²) in [7, 11) is 0. The van der Waals surface area contributed by atoms with Gasteiger partial charge in [0.1, 0.15) is 11.5 Å². The van der Waals surface area contributed by atoms with Gasteiger partial charge in [-0.1, -0.05) is 45.7 Å². The van der Waals surface area contributed by atoms with Gasteiger partial charge in [0.2, 0.25) is 0 Å². The number of aryl methyl sites for hydroxylation is 1. The van der Waals surface area contributed by atoms with Crippen LogP contribution in [0, 0.1) is 6.92 Å². The highest BCUT2D eigenvalue weighted by Gasteiger charge is 2.12. The third-order valence-electron chi connectivity index (χ3n) is 3.94. The molecule has 2 aromatic carbocycles. The van der Waals surface area contributed by atoms with Crippen molar-refractivity contribution < 1.29 is 14.3 Å². The highest BCUT2D eigenvalue weighted by atomic mass is 79.9. The monoisotopic (exact) mass is 510 g/mol. The second kappa shape index (κ2) is 10.6. The van der Waals surface area contributed by atoms with Crippen molar-refractivity contribution in [2.45, 2.75) is 33.6 Å². The Kier molecular flexibility index (Phi) is 8.51. The molecule has 0 saturated carbocycles. The van der Waals surface area contributed by atoms with E-state index in [1.165, 1.54) is 0 Å². The van der Waals surface area contributed by atoms with Crippen LogP contribution in [0.1, 0.15) is 43.4 Å². The summed E-state index contributed by atoms with van der Waals surface area (Å²) in [4.78, 5) is 12.1. The van der Waals surface area contributed by atoms with Gasteiger partial charge in [0.05, 0.1) is 12.8 Å². The van der Waals surface area contributed by atoms with E-state index in [2.05, 4.69) is 56.2 Å². The Balaban J connectivity index is 2.00. The number of carbonyl (C=O) groups excluding carboxylic acids is 1. The molecule has 0 atom stereocenters. The van der Waals surface area contributed by atoms with Gasteiger partial charge in [0.25, 0.3) is 5.91 Å². The lowest BCUT2D eigenvalue weighted by atomic mass is 10.0. The summed E-state index contributed by atoms with van der Waals surface area (Å²) in [6, 6.07) is 9.58. The number of hydrogen-bond donors (Lipinski definition) is 1. The SMILES string of the molecule is CCOc1ccc(Br)cc1/C=N/NC(=O)COc1cc(C)c(Br)cc1C(C)C. The number of hydrogen-bond acceptors (Lipinski definition) is 4. The molecule has 0 heterocycles. The minimum atomic E-state index is -0.334. The van der Waals surface area contributed by atoms with E-state index in [-0.39, 0.29) is 18.4 Å². The van der Waals surface area contributed by atoms with E-state index in [4.69, 9.17) is 9.47 Å². The molecule has 0 aliphatic carbocycles. The largest absolute Gasteiger partial charge is 0.493 e. The zero-order chi connectivity index (χ0) is 20.7. The fraction of sp³-hybridized carbons (Fsp3) is 0.333. The second-order valence-corrected chi connectivity index (χ2v) is 8.26. The zero-order valence-electron chi connectivity index (χ0n) is 16.4. The van der Waals surface area contributed by atoms with Crippen LogP contribution in [-0.2, 0) is 4.79 Å². The molecule has 0 aliphatic heterocycles. The standard InChI is InChI=1S/C21H24Br2N2O3/c1-5-27-19-7-6-16(22)9-15(19)11-24-25-21(26)12-28-20-8-14(4)18(23)10-17(20)13(2)3/h6-11,13H,5,12H2,1-4H3,(H,25,26)/b24-11+. The molecular weight excluding hydrogens is 488 g/mol. The molecule has 0 fully saturated rings. The first-order valence-electron chi connectivity index (χ1n) is 8.98. The molecule has 150 valence electrons. The highest BCUT2D eigenvalue weighted by Crippen LogP contribution is 2.32. The molecule has 28 heavy (non-hydrogen) atoms. The molecule has 0 radical (unpaired) electrons. The van der Waals surface area contributed by atoms with Gasteiger partial charge in [-0.25, -0.2) is 5.43 Å². The van der Waals surface area contributed by atoms with Gasteiger partial charge in [0, 0.05) is 14.5 Å². The maximum absolute atomic E-state index is 12.1. The average Bonchev–Trinajstić information content (AvgIpc) is 2.64. The topological polar surface area (TPSA) is 59.9 Å². The lowest BCUT2D eigenvalue weighted by Crippen LogP contribution is -2.25. The number of carbonyl (C=O) groups is 1. The zero-order valence-corrected chi connectivity index (χ0v) is 19.6. The molecule has 0 bridgehead atoms. The summed E-state index contributed by atoms with van der Waals surface area (Å²) in [5.74, 6) is 1.35. The number of benzene rings is 2. The van der Waals surface area contributed by atoms with E-state index >= 15 is 0 Å². The minimum Gasteiger partial charge on any atom is -0.493 e. The molecule has 1 N–H and O–H groups in total. The van der Waals surface area contributed by atoms with Crippen molar-refractivity contribution in [3.8, 4) is 11.5 Å². The molecule has 0 spiro atoms. The van der Waals surface area contributed by atoms with Crippen molar-refractivity contribution in [3.05, 3.63) is 56.0 Å². The van der Waals surface area contributed by atoms with Crippen LogP contribution in [0.25, 0.3) is 0 Å². The fourth-order valence-electron chi connectivity index (χ4n) is 2.50.